The lowest BCUT2D eigenvalue weighted by Gasteiger charge is -2.37. The number of hydrogen-bond donors (Lipinski definition) is 0. The van der Waals surface area contributed by atoms with Gasteiger partial charge in [-0.25, -0.2) is 0 Å². The number of ether oxygens (including phenoxy) is 2. The lowest BCUT2D eigenvalue weighted by atomic mass is 9.63. The number of halogens is 1. The van der Waals surface area contributed by atoms with Gasteiger partial charge in [-0.2, -0.15) is 0 Å². The molecule has 11 heteroatoms. The largest absolute Gasteiger partial charge is 0.456 e. The van der Waals surface area contributed by atoms with E-state index in [9.17, 15) is 29.3 Å². The molecule has 1 saturated heterocycles. The molecule has 2 aromatic carbocycles. The number of amides is 2. The Labute approximate surface area is 221 Å². The van der Waals surface area contributed by atoms with E-state index in [1.165, 1.54) is 42.5 Å². The fourth-order valence-electron chi connectivity index (χ4n) is 6.15. The Kier molecular flexibility index (Phi) is 5.79. The summed E-state index contributed by atoms with van der Waals surface area (Å²) in [6, 6.07) is 9.84. The van der Waals surface area contributed by atoms with Crippen LogP contribution in [-0.2, 0) is 19.1 Å². The molecule has 4 aliphatic carbocycles. The number of nitro benzene ring substituents is 1. The number of likely N-dealkylation sites (tertiary alicyclic amines) is 1. The van der Waals surface area contributed by atoms with Crippen LogP contribution in [0.4, 0.5) is 5.69 Å². The summed E-state index contributed by atoms with van der Waals surface area (Å²) in [5, 5.41) is 11.3. The first-order valence-corrected chi connectivity index (χ1v) is 12.6. The molecule has 7 rings (SSSR count). The molecule has 2 amide bonds. The van der Waals surface area contributed by atoms with Gasteiger partial charge < -0.3 is 9.47 Å². The molecule has 194 valence electrons. The Morgan fingerprint density at radius 1 is 1.00 bits per heavy atom. The van der Waals surface area contributed by atoms with Gasteiger partial charge in [0.1, 0.15) is 12.3 Å². The Bertz CT molecular complexity index is 1380. The lowest BCUT2D eigenvalue weighted by molar-refractivity contribution is -0.385. The normalized spacial score (nSPS) is 28.1. The summed E-state index contributed by atoms with van der Waals surface area (Å²) in [5.41, 5.74) is -0.0977. The van der Waals surface area contributed by atoms with Gasteiger partial charge in [0.25, 0.3) is 0 Å². The summed E-state index contributed by atoms with van der Waals surface area (Å²) >= 11 is 6.04. The minimum Gasteiger partial charge on any atom is -0.456 e. The average molecular weight is 537 g/mol. The summed E-state index contributed by atoms with van der Waals surface area (Å²) in [5.74, 6) is -1.68. The molecule has 2 saturated carbocycles. The van der Waals surface area contributed by atoms with Gasteiger partial charge in [0.2, 0.25) is 17.6 Å². The fraction of sp³-hybridized carbons (Fsp3) is 0.333. The molecule has 0 radical (unpaired) electrons. The van der Waals surface area contributed by atoms with E-state index in [1.54, 1.807) is 0 Å². The van der Waals surface area contributed by atoms with Crippen molar-refractivity contribution in [3.8, 4) is 11.5 Å². The topological polar surface area (TPSA) is 133 Å². The van der Waals surface area contributed by atoms with Crippen molar-refractivity contribution >= 4 is 40.9 Å². The Balaban J connectivity index is 1.04. The van der Waals surface area contributed by atoms with E-state index in [0.29, 0.717) is 11.8 Å². The first-order chi connectivity index (χ1) is 18.2. The van der Waals surface area contributed by atoms with Crippen LogP contribution in [0.25, 0.3) is 0 Å². The molecule has 1 heterocycles. The molecule has 1 aliphatic heterocycles. The summed E-state index contributed by atoms with van der Waals surface area (Å²) in [4.78, 5) is 62.5. The van der Waals surface area contributed by atoms with Crippen molar-refractivity contribution in [1.82, 2.24) is 4.90 Å². The number of ketones is 1. The van der Waals surface area contributed by atoms with E-state index >= 15 is 0 Å². The standard InChI is InChI=1S/C27H21ClN2O8/c28-19-2-1-3-20(30(35)36)25(19)38-14-6-4-13(5-7-14)21(31)12-37-22(32)11-29-26(33)23-15-8-9-16(18-10-17(15)18)24(23)27(29)34/h1-9,15-18,23-24H,10-12H2/t15-,16-,17-,18-,23+,24+/m1/s1. The zero-order chi connectivity index (χ0) is 26.7. The van der Waals surface area contributed by atoms with Crippen molar-refractivity contribution in [3.05, 3.63) is 75.3 Å². The smallest absolute Gasteiger partial charge is 0.326 e. The number of nitro groups is 1. The van der Waals surface area contributed by atoms with E-state index in [-0.39, 0.29) is 51.4 Å². The first-order valence-electron chi connectivity index (χ1n) is 12.2. The van der Waals surface area contributed by atoms with E-state index < -0.39 is 41.7 Å². The fourth-order valence-corrected chi connectivity index (χ4v) is 6.36. The number of Topliss-reactive ketones (excluding diaryl/α,β-unsaturated/α-hetero) is 1. The van der Waals surface area contributed by atoms with Crippen molar-refractivity contribution in [2.75, 3.05) is 13.2 Å². The van der Waals surface area contributed by atoms with Crippen molar-refractivity contribution in [3.63, 3.8) is 0 Å². The maximum Gasteiger partial charge on any atom is 0.326 e. The zero-order valence-corrected chi connectivity index (χ0v) is 20.6. The number of hydrogen-bond acceptors (Lipinski definition) is 8. The molecular formula is C27H21ClN2O8. The summed E-state index contributed by atoms with van der Waals surface area (Å²) in [6.45, 7) is -1.09. The van der Waals surface area contributed by atoms with Gasteiger partial charge in [-0.3, -0.25) is 34.2 Å². The predicted octanol–water partition coefficient (Wildman–Crippen LogP) is 3.82. The molecule has 10 nitrogen and oxygen atoms in total. The number of carbonyl (C=O) groups is 4. The number of carbonyl (C=O) groups excluding carboxylic acids is 4. The van der Waals surface area contributed by atoms with Crippen LogP contribution in [0.2, 0.25) is 5.02 Å². The van der Waals surface area contributed by atoms with Crippen LogP contribution in [0.3, 0.4) is 0 Å². The highest BCUT2D eigenvalue weighted by Gasteiger charge is 2.67. The number of esters is 1. The van der Waals surface area contributed by atoms with Gasteiger partial charge >= 0.3 is 11.7 Å². The second kappa shape index (κ2) is 9.05. The molecule has 0 spiro atoms. The number of nitrogens with zero attached hydrogens (tertiary/aromatic N) is 2. The van der Waals surface area contributed by atoms with Gasteiger partial charge in [-0.15, -0.1) is 0 Å². The number of benzene rings is 2. The van der Waals surface area contributed by atoms with Crippen LogP contribution in [-0.4, -0.2) is 46.5 Å². The van der Waals surface area contributed by atoms with Gasteiger partial charge in [0.15, 0.2) is 12.4 Å². The third-order valence-electron chi connectivity index (χ3n) is 7.94. The lowest BCUT2D eigenvalue weighted by Crippen LogP contribution is -2.40. The predicted molar refractivity (Wildman–Crippen MR) is 131 cm³/mol. The molecule has 0 aromatic heterocycles. The van der Waals surface area contributed by atoms with Gasteiger partial charge in [-0.05, 0) is 60.4 Å². The molecule has 38 heavy (non-hydrogen) atoms. The van der Waals surface area contributed by atoms with Gasteiger partial charge in [0.05, 0.1) is 21.8 Å². The van der Waals surface area contributed by atoms with E-state index in [1.807, 2.05) is 0 Å². The van der Waals surface area contributed by atoms with Crippen LogP contribution in [0.1, 0.15) is 16.8 Å². The second-order valence-electron chi connectivity index (χ2n) is 9.97. The van der Waals surface area contributed by atoms with Crippen LogP contribution in [0.5, 0.6) is 11.5 Å². The minimum absolute atomic E-state index is 0.0567. The third kappa shape index (κ3) is 3.96. The third-order valence-corrected chi connectivity index (χ3v) is 8.24. The summed E-state index contributed by atoms with van der Waals surface area (Å²) in [7, 11) is 0. The monoisotopic (exact) mass is 536 g/mol. The van der Waals surface area contributed by atoms with E-state index in [0.717, 1.165) is 11.3 Å². The molecule has 0 N–H and O–H groups in total. The van der Waals surface area contributed by atoms with E-state index in [4.69, 9.17) is 21.1 Å². The highest BCUT2D eigenvalue weighted by atomic mass is 35.5. The van der Waals surface area contributed by atoms with Gasteiger partial charge in [0, 0.05) is 11.6 Å². The molecule has 5 aliphatic rings. The summed E-state index contributed by atoms with van der Waals surface area (Å²) < 4.78 is 10.6. The average Bonchev–Trinajstić information content (AvgIpc) is 3.69. The molecule has 2 bridgehead atoms. The first kappa shape index (κ1) is 24.3. The number of para-hydroxylation sites is 1. The number of imide groups is 1. The second-order valence-corrected chi connectivity index (χ2v) is 10.4. The Morgan fingerprint density at radius 3 is 2.24 bits per heavy atom. The summed E-state index contributed by atoms with van der Waals surface area (Å²) in [6.07, 6.45) is 5.16. The van der Waals surface area contributed by atoms with Crippen molar-refractivity contribution in [2.45, 2.75) is 6.42 Å². The Morgan fingerprint density at radius 2 is 1.63 bits per heavy atom. The highest BCUT2D eigenvalue weighted by molar-refractivity contribution is 6.32. The maximum absolute atomic E-state index is 13.0. The quantitative estimate of drug-likeness (QED) is 0.124. The van der Waals surface area contributed by atoms with Crippen LogP contribution >= 0.6 is 11.6 Å². The zero-order valence-electron chi connectivity index (χ0n) is 19.8. The highest BCUT2D eigenvalue weighted by Crippen LogP contribution is 2.65. The Hall–Kier alpha value is -4.05. The molecule has 6 atom stereocenters. The van der Waals surface area contributed by atoms with Crippen LogP contribution in [0.15, 0.2) is 54.6 Å². The van der Waals surface area contributed by atoms with Crippen LogP contribution < -0.4 is 4.74 Å². The molecule has 0 unspecified atom stereocenters. The number of rotatable bonds is 8. The van der Waals surface area contributed by atoms with Gasteiger partial charge in [-0.1, -0.05) is 29.8 Å². The molecule has 2 aromatic rings. The SMILES string of the molecule is O=C(CN1C(=O)[C@H]2[C@@H]3C=C[C@H]([C@H]4C[C@H]34)[C@@H]2C1=O)OCC(=O)c1ccc(Oc2c(Cl)cccc2[N+](=O)[O-])cc1. The van der Waals surface area contributed by atoms with Crippen LogP contribution in [0, 0.1) is 45.6 Å². The maximum atomic E-state index is 13.0. The van der Waals surface area contributed by atoms with Crippen molar-refractivity contribution in [1.29, 1.82) is 0 Å². The van der Waals surface area contributed by atoms with Crippen molar-refractivity contribution < 1.29 is 33.6 Å². The van der Waals surface area contributed by atoms with E-state index in [2.05, 4.69) is 12.2 Å². The molecule has 3 fully saturated rings. The van der Waals surface area contributed by atoms with Crippen molar-refractivity contribution in [2.24, 2.45) is 35.5 Å². The number of allylic oxidation sites excluding steroid dienone is 2. The molecular weight excluding hydrogens is 516 g/mol. The minimum atomic E-state index is -0.838.